The fraction of sp³-hybridized carbons (Fsp3) is 0.0952. The van der Waals surface area contributed by atoms with Crippen LogP contribution in [0.2, 0.25) is 5.02 Å². The highest BCUT2D eigenvalue weighted by Gasteiger charge is 2.18. The molecule has 0 atom stereocenters. The third kappa shape index (κ3) is 4.34. The van der Waals surface area contributed by atoms with Crippen LogP contribution in [0, 0.1) is 0 Å². The highest BCUT2D eigenvalue weighted by molar-refractivity contribution is 7.92. The quantitative estimate of drug-likeness (QED) is 0.616. The number of hydrogen-bond donors (Lipinski definition) is 2. The Labute approximate surface area is 178 Å². The van der Waals surface area contributed by atoms with Crippen LogP contribution in [0.1, 0.15) is 10.4 Å². The molecule has 2 N–H and O–H groups in total. The molecule has 1 amide bonds. The number of rotatable bonds is 5. The highest BCUT2D eigenvalue weighted by Crippen LogP contribution is 2.31. The third-order valence-corrected chi connectivity index (χ3v) is 6.02. The molecule has 1 aliphatic rings. The molecule has 0 aliphatic carbocycles. The predicted molar refractivity (Wildman–Crippen MR) is 114 cm³/mol. The predicted octanol–water partition coefficient (Wildman–Crippen LogP) is 4.16. The molecule has 0 fully saturated rings. The number of nitrogens with one attached hydrogen (secondary N) is 2. The van der Waals surface area contributed by atoms with Gasteiger partial charge in [0.05, 0.1) is 15.6 Å². The van der Waals surface area contributed by atoms with Crippen molar-refractivity contribution >= 4 is 38.9 Å². The van der Waals surface area contributed by atoms with Crippen LogP contribution in [-0.4, -0.2) is 27.5 Å². The van der Waals surface area contributed by atoms with Crippen LogP contribution in [-0.2, 0) is 10.0 Å². The zero-order valence-electron chi connectivity index (χ0n) is 15.6. The fourth-order valence-electron chi connectivity index (χ4n) is 2.88. The maximum absolute atomic E-state index is 12.7. The number of amides is 1. The molecule has 154 valence electrons. The minimum atomic E-state index is -3.89. The molecule has 1 heterocycles. The first kappa shape index (κ1) is 20.1. The molecule has 0 aromatic heterocycles. The minimum absolute atomic E-state index is 0.0117. The van der Waals surface area contributed by atoms with Gasteiger partial charge in [-0.1, -0.05) is 29.8 Å². The third-order valence-electron chi connectivity index (χ3n) is 4.32. The number of hydrogen-bond acceptors (Lipinski definition) is 5. The second kappa shape index (κ2) is 8.25. The molecule has 9 heteroatoms. The van der Waals surface area contributed by atoms with Gasteiger partial charge in [-0.3, -0.25) is 9.52 Å². The van der Waals surface area contributed by atoms with Gasteiger partial charge in [-0.25, -0.2) is 8.42 Å². The average Bonchev–Trinajstić information content (AvgIpc) is 2.75. The van der Waals surface area contributed by atoms with Crippen molar-refractivity contribution in [1.29, 1.82) is 0 Å². The van der Waals surface area contributed by atoms with Gasteiger partial charge in [0.15, 0.2) is 11.5 Å². The molecule has 1 aliphatic heterocycles. The molecule has 4 rings (SSSR count). The zero-order valence-corrected chi connectivity index (χ0v) is 17.2. The van der Waals surface area contributed by atoms with Crippen molar-refractivity contribution in [3.63, 3.8) is 0 Å². The van der Waals surface area contributed by atoms with E-state index in [0.29, 0.717) is 36.0 Å². The van der Waals surface area contributed by atoms with E-state index in [4.69, 9.17) is 21.1 Å². The summed E-state index contributed by atoms with van der Waals surface area (Å²) in [5, 5.41) is 2.98. The van der Waals surface area contributed by atoms with Gasteiger partial charge in [-0.15, -0.1) is 0 Å². The summed E-state index contributed by atoms with van der Waals surface area (Å²) in [5.41, 5.74) is 0.962. The molecular formula is C21H17ClN2O5S. The lowest BCUT2D eigenvalue weighted by atomic mass is 10.1. The molecule has 0 bridgehead atoms. The Morgan fingerprint density at radius 3 is 2.47 bits per heavy atom. The average molecular weight is 445 g/mol. The van der Waals surface area contributed by atoms with Crippen LogP contribution in [0.5, 0.6) is 11.5 Å². The van der Waals surface area contributed by atoms with E-state index in [1.807, 2.05) is 0 Å². The zero-order chi connectivity index (χ0) is 21.1. The molecule has 30 heavy (non-hydrogen) atoms. The summed E-state index contributed by atoms with van der Waals surface area (Å²) >= 11 is 6.03. The van der Waals surface area contributed by atoms with Gasteiger partial charge in [0.2, 0.25) is 0 Å². The molecule has 0 radical (unpaired) electrons. The lowest BCUT2D eigenvalue weighted by molar-refractivity contribution is 0.102. The van der Waals surface area contributed by atoms with Crippen molar-refractivity contribution in [2.24, 2.45) is 0 Å². The van der Waals surface area contributed by atoms with Crippen LogP contribution in [0.3, 0.4) is 0 Å². The minimum Gasteiger partial charge on any atom is -0.486 e. The standard InChI is InChI=1S/C21H17ClN2O5S/c22-17-6-1-2-7-18(17)24-30(26,27)16-5-3-4-15(13-16)23-21(25)14-8-9-19-20(12-14)29-11-10-28-19/h1-9,12-13,24H,10-11H2,(H,23,25). The van der Waals surface area contributed by atoms with E-state index < -0.39 is 15.9 Å². The highest BCUT2D eigenvalue weighted by atomic mass is 35.5. The number of para-hydroxylation sites is 1. The number of carbonyl (C=O) groups excluding carboxylic acids is 1. The van der Waals surface area contributed by atoms with E-state index in [1.54, 1.807) is 54.6 Å². The second-order valence-corrected chi connectivity index (χ2v) is 8.52. The number of fused-ring (bicyclic) bond motifs is 1. The van der Waals surface area contributed by atoms with Gasteiger partial charge in [0, 0.05) is 11.3 Å². The number of halogens is 1. The van der Waals surface area contributed by atoms with Crippen molar-refractivity contribution in [3.05, 3.63) is 77.3 Å². The van der Waals surface area contributed by atoms with E-state index in [0.717, 1.165) is 0 Å². The first-order valence-corrected chi connectivity index (χ1v) is 10.9. The van der Waals surface area contributed by atoms with Crippen LogP contribution in [0.15, 0.2) is 71.6 Å². The lowest BCUT2D eigenvalue weighted by Crippen LogP contribution is -2.17. The van der Waals surface area contributed by atoms with Crippen LogP contribution < -0.4 is 19.5 Å². The van der Waals surface area contributed by atoms with Crippen molar-refractivity contribution in [1.82, 2.24) is 0 Å². The summed E-state index contributed by atoms with van der Waals surface area (Å²) in [6.45, 7) is 0.873. The maximum atomic E-state index is 12.7. The number of anilines is 2. The summed E-state index contributed by atoms with van der Waals surface area (Å²) in [6.07, 6.45) is 0. The molecule has 3 aromatic rings. The first-order chi connectivity index (χ1) is 14.4. The van der Waals surface area contributed by atoms with Gasteiger partial charge in [-0.2, -0.15) is 0 Å². The molecule has 7 nitrogen and oxygen atoms in total. The van der Waals surface area contributed by atoms with Gasteiger partial charge in [0.1, 0.15) is 13.2 Å². The Kier molecular flexibility index (Phi) is 5.52. The Morgan fingerprint density at radius 1 is 0.900 bits per heavy atom. The summed E-state index contributed by atoms with van der Waals surface area (Å²) in [6, 6.07) is 17.3. The van der Waals surface area contributed by atoms with E-state index in [1.165, 1.54) is 12.1 Å². The summed E-state index contributed by atoms with van der Waals surface area (Å²) in [5.74, 6) is 0.672. The summed E-state index contributed by atoms with van der Waals surface area (Å²) in [7, 11) is -3.89. The SMILES string of the molecule is O=C(Nc1cccc(S(=O)(=O)Nc2ccccc2Cl)c1)c1ccc2c(c1)OCCO2. The van der Waals surface area contributed by atoms with Gasteiger partial charge < -0.3 is 14.8 Å². The van der Waals surface area contributed by atoms with Crippen molar-refractivity contribution in [3.8, 4) is 11.5 Å². The molecule has 0 saturated carbocycles. The van der Waals surface area contributed by atoms with Crippen molar-refractivity contribution < 1.29 is 22.7 Å². The fourth-order valence-corrected chi connectivity index (χ4v) is 4.24. The molecule has 3 aromatic carbocycles. The number of carbonyl (C=O) groups is 1. The second-order valence-electron chi connectivity index (χ2n) is 6.43. The normalized spacial score (nSPS) is 12.8. The number of benzene rings is 3. The van der Waals surface area contributed by atoms with E-state index in [9.17, 15) is 13.2 Å². The van der Waals surface area contributed by atoms with Crippen molar-refractivity contribution in [2.75, 3.05) is 23.3 Å². The summed E-state index contributed by atoms with van der Waals surface area (Å²) < 4.78 is 38.8. The Balaban J connectivity index is 1.53. The van der Waals surface area contributed by atoms with E-state index in [2.05, 4.69) is 10.0 Å². The van der Waals surface area contributed by atoms with Gasteiger partial charge >= 0.3 is 0 Å². The molecule has 0 unspecified atom stereocenters. The molecule has 0 spiro atoms. The topological polar surface area (TPSA) is 93.7 Å². The monoisotopic (exact) mass is 444 g/mol. The van der Waals surface area contributed by atoms with E-state index in [-0.39, 0.29) is 15.6 Å². The maximum Gasteiger partial charge on any atom is 0.262 e. The Hall–Kier alpha value is -3.23. The van der Waals surface area contributed by atoms with Gasteiger partial charge in [-0.05, 0) is 48.5 Å². The lowest BCUT2D eigenvalue weighted by Gasteiger charge is -2.18. The Morgan fingerprint density at radius 2 is 1.67 bits per heavy atom. The van der Waals surface area contributed by atoms with E-state index >= 15 is 0 Å². The van der Waals surface area contributed by atoms with Crippen LogP contribution >= 0.6 is 11.6 Å². The number of ether oxygens (including phenoxy) is 2. The van der Waals surface area contributed by atoms with Gasteiger partial charge in [0.25, 0.3) is 15.9 Å². The van der Waals surface area contributed by atoms with Crippen LogP contribution in [0.25, 0.3) is 0 Å². The Bertz CT molecular complexity index is 1210. The largest absolute Gasteiger partial charge is 0.486 e. The molecular weight excluding hydrogens is 428 g/mol. The van der Waals surface area contributed by atoms with Crippen LogP contribution in [0.4, 0.5) is 11.4 Å². The summed E-state index contributed by atoms with van der Waals surface area (Å²) in [4.78, 5) is 12.6. The number of sulfonamides is 1. The first-order valence-electron chi connectivity index (χ1n) is 9.01. The van der Waals surface area contributed by atoms with Crippen molar-refractivity contribution in [2.45, 2.75) is 4.90 Å². The smallest absolute Gasteiger partial charge is 0.262 e. The molecule has 0 saturated heterocycles.